The molecule has 0 atom stereocenters. The molecule has 0 aliphatic rings. The van der Waals surface area contributed by atoms with E-state index in [0.29, 0.717) is 6.54 Å². The molecule has 1 aromatic heterocycles. The zero-order chi connectivity index (χ0) is 15.5. The summed E-state index contributed by atoms with van der Waals surface area (Å²) in [7, 11) is -3.42. The second-order valence-corrected chi connectivity index (χ2v) is 8.47. The Bertz CT molecular complexity index is 753. The maximum atomic E-state index is 12.2. The molecule has 0 aliphatic carbocycles. The molecule has 0 saturated carbocycles. The van der Waals surface area contributed by atoms with Crippen molar-refractivity contribution in [2.24, 2.45) is 0 Å². The van der Waals surface area contributed by atoms with E-state index < -0.39 is 9.84 Å². The van der Waals surface area contributed by atoms with Crippen LogP contribution in [0.2, 0.25) is 0 Å². The van der Waals surface area contributed by atoms with E-state index >= 15 is 0 Å². The molecule has 0 radical (unpaired) electrons. The molecule has 1 aromatic carbocycles. The van der Waals surface area contributed by atoms with E-state index in [0.717, 1.165) is 9.35 Å². The van der Waals surface area contributed by atoms with Crippen molar-refractivity contribution in [2.75, 3.05) is 5.75 Å². The molecule has 1 heterocycles. The molecule has 21 heavy (non-hydrogen) atoms. The summed E-state index contributed by atoms with van der Waals surface area (Å²) in [5.41, 5.74) is 0.190. The first-order chi connectivity index (χ1) is 9.94. The zero-order valence-corrected chi connectivity index (χ0v) is 14.5. The van der Waals surface area contributed by atoms with Crippen molar-refractivity contribution >= 4 is 43.0 Å². The van der Waals surface area contributed by atoms with E-state index in [9.17, 15) is 13.2 Å². The van der Waals surface area contributed by atoms with E-state index in [1.165, 1.54) is 23.5 Å². The highest BCUT2D eigenvalue weighted by Gasteiger charge is 2.20. The lowest BCUT2D eigenvalue weighted by Crippen LogP contribution is -2.24. The second-order valence-electron chi connectivity index (χ2n) is 4.31. The van der Waals surface area contributed by atoms with Crippen molar-refractivity contribution in [1.82, 2.24) is 5.32 Å². The Kier molecular flexibility index (Phi) is 5.18. The van der Waals surface area contributed by atoms with Crippen LogP contribution in [0.3, 0.4) is 0 Å². The van der Waals surface area contributed by atoms with Crippen LogP contribution in [0.1, 0.15) is 22.2 Å². The number of rotatable bonds is 5. The van der Waals surface area contributed by atoms with Crippen LogP contribution in [0.5, 0.6) is 0 Å². The molecule has 0 aliphatic heterocycles. The molecule has 0 fully saturated rings. The highest BCUT2D eigenvalue weighted by Crippen LogP contribution is 2.20. The topological polar surface area (TPSA) is 63.2 Å². The summed E-state index contributed by atoms with van der Waals surface area (Å²) in [6.45, 7) is 1.93. The van der Waals surface area contributed by atoms with Gasteiger partial charge in [-0.05, 0) is 34.1 Å². The molecule has 2 rings (SSSR count). The fourth-order valence-electron chi connectivity index (χ4n) is 1.79. The number of hydrogen-bond acceptors (Lipinski definition) is 4. The van der Waals surface area contributed by atoms with Gasteiger partial charge in [0, 0.05) is 14.7 Å². The minimum Gasteiger partial charge on any atom is -0.347 e. The number of sulfone groups is 1. The van der Waals surface area contributed by atoms with Crippen molar-refractivity contribution < 1.29 is 13.2 Å². The van der Waals surface area contributed by atoms with Gasteiger partial charge in [-0.25, -0.2) is 8.42 Å². The number of halogens is 1. The molecule has 0 bridgehead atoms. The van der Waals surface area contributed by atoms with Crippen LogP contribution < -0.4 is 5.32 Å². The lowest BCUT2D eigenvalue weighted by molar-refractivity contribution is 0.0948. The van der Waals surface area contributed by atoms with Gasteiger partial charge in [-0.15, -0.1) is 11.3 Å². The zero-order valence-electron chi connectivity index (χ0n) is 11.3. The van der Waals surface area contributed by atoms with E-state index in [-0.39, 0.29) is 22.1 Å². The highest BCUT2D eigenvalue weighted by molar-refractivity contribution is 9.10. The summed E-state index contributed by atoms with van der Waals surface area (Å²) in [6, 6.07) is 8.19. The third-order valence-electron chi connectivity index (χ3n) is 2.89. The van der Waals surface area contributed by atoms with Crippen LogP contribution in [0.25, 0.3) is 0 Å². The summed E-state index contributed by atoms with van der Waals surface area (Å²) in [5, 5.41) is 4.68. The van der Waals surface area contributed by atoms with Crippen LogP contribution in [0, 0.1) is 0 Å². The average molecular weight is 388 g/mol. The fraction of sp³-hybridized carbons (Fsp3) is 0.214. The van der Waals surface area contributed by atoms with Crippen LogP contribution >= 0.6 is 27.3 Å². The highest BCUT2D eigenvalue weighted by atomic mass is 79.9. The summed E-state index contributed by atoms with van der Waals surface area (Å²) in [6.07, 6.45) is 0. The minimum absolute atomic E-state index is 0.0326. The maximum absolute atomic E-state index is 12.2. The van der Waals surface area contributed by atoms with E-state index in [4.69, 9.17) is 0 Å². The lowest BCUT2D eigenvalue weighted by Gasteiger charge is -2.09. The predicted molar refractivity (Wildman–Crippen MR) is 87.4 cm³/mol. The van der Waals surface area contributed by atoms with Crippen molar-refractivity contribution in [3.05, 3.63) is 50.6 Å². The average Bonchev–Trinajstić information content (AvgIpc) is 2.90. The smallest absolute Gasteiger partial charge is 0.252 e. The minimum atomic E-state index is -3.42. The van der Waals surface area contributed by atoms with Gasteiger partial charge in [-0.1, -0.05) is 19.1 Å². The number of amides is 1. The number of thiophene rings is 1. The van der Waals surface area contributed by atoms with Crippen LogP contribution in [-0.4, -0.2) is 20.1 Å². The number of hydrogen-bond donors (Lipinski definition) is 1. The standard InChI is InChI=1S/C14H14BrNO3S2/c1-2-21(18,19)13-6-4-3-5-12(13)14(17)16-8-11-7-10(15)9-20-11/h3-7,9H,2,8H2,1H3,(H,16,17). The first-order valence-electron chi connectivity index (χ1n) is 6.27. The Balaban J connectivity index is 2.20. The largest absolute Gasteiger partial charge is 0.347 e. The normalized spacial score (nSPS) is 11.3. The van der Waals surface area contributed by atoms with Crippen molar-refractivity contribution in [3.8, 4) is 0 Å². The molecule has 0 unspecified atom stereocenters. The van der Waals surface area contributed by atoms with E-state index in [2.05, 4.69) is 21.2 Å². The number of benzene rings is 1. The molecular weight excluding hydrogens is 374 g/mol. The molecule has 0 saturated heterocycles. The van der Waals surface area contributed by atoms with Gasteiger partial charge in [0.1, 0.15) is 0 Å². The summed E-state index contributed by atoms with van der Waals surface area (Å²) in [4.78, 5) is 13.3. The SMILES string of the molecule is CCS(=O)(=O)c1ccccc1C(=O)NCc1cc(Br)cs1. The van der Waals surface area contributed by atoms with Gasteiger partial charge in [0.05, 0.1) is 22.8 Å². The van der Waals surface area contributed by atoms with E-state index in [1.807, 2.05) is 11.4 Å². The van der Waals surface area contributed by atoms with E-state index in [1.54, 1.807) is 19.1 Å². The Morgan fingerprint density at radius 1 is 1.33 bits per heavy atom. The Hall–Kier alpha value is -1.18. The van der Waals surface area contributed by atoms with Crippen LogP contribution in [0.4, 0.5) is 0 Å². The fourth-order valence-corrected chi connectivity index (χ4v) is 4.27. The van der Waals surface area contributed by atoms with Gasteiger partial charge in [-0.2, -0.15) is 0 Å². The van der Waals surface area contributed by atoms with Gasteiger partial charge in [0.25, 0.3) is 5.91 Å². The molecule has 4 nitrogen and oxygen atoms in total. The Morgan fingerprint density at radius 3 is 2.67 bits per heavy atom. The van der Waals surface area contributed by atoms with Gasteiger partial charge in [0.2, 0.25) is 0 Å². The van der Waals surface area contributed by atoms with Crippen molar-refractivity contribution in [3.63, 3.8) is 0 Å². The molecule has 2 aromatic rings. The molecule has 0 spiro atoms. The molecule has 112 valence electrons. The second kappa shape index (κ2) is 6.72. The summed E-state index contributed by atoms with van der Waals surface area (Å²) in [5.74, 6) is -0.415. The first kappa shape index (κ1) is 16.2. The van der Waals surface area contributed by atoms with Gasteiger partial charge >= 0.3 is 0 Å². The molecule has 1 amide bonds. The van der Waals surface area contributed by atoms with Gasteiger partial charge in [-0.3, -0.25) is 4.79 Å². The predicted octanol–water partition coefficient (Wildman–Crippen LogP) is 3.23. The van der Waals surface area contributed by atoms with Gasteiger partial charge in [0.15, 0.2) is 9.84 Å². The number of carbonyl (C=O) groups excluding carboxylic acids is 1. The Morgan fingerprint density at radius 2 is 2.05 bits per heavy atom. The van der Waals surface area contributed by atoms with Crippen LogP contribution in [-0.2, 0) is 16.4 Å². The summed E-state index contributed by atoms with van der Waals surface area (Å²) >= 11 is 4.87. The Labute approximate surface area is 136 Å². The molecular formula is C14H14BrNO3S2. The van der Waals surface area contributed by atoms with Crippen molar-refractivity contribution in [1.29, 1.82) is 0 Å². The number of nitrogens with one attached hydrogen (secondary N) is 1. The van der Waals surface area contributed by atoms with Gasteiger partial charge < -0.3 is 5.32 Å². The quantitative estimate of drug-likeness (QED) is 0.856. The monoisotopic (exact) mass is 387 g/mol. The lowest BCUT2D eigenvalue weighted by atomic mass is 10.2. The third kappa shape index (κ3) is 3.93. The first-order valence-corrected chi connectivity index (χ1v) is 9.59. The third-order valence-corrected chi connectivity index (χ3v) is 6.38. The molecule has 1 N–H and O–H groups in total. The molecule has 7 heteroatoms. The van der Waals surface area contributed by atoms with Crippen molar-refractivity contribution in [2.45, 2.75) is 18.4 Å². The number of carbonyl (C=O) groups is 1. The summed E-state index contributed by atoms with van der Waals surface area (Å²) < 4.78 is 25.0. The maximum Gasteiger partial charge on any atom is 0.252 e. The van der Waals surface area contributed by atoms with Crippen LogP contribution in [0.15, 0.2) is 45.1 Å².